The van der Waals surface area contributed by atoms with Crippen molar-refractivity contribution in [3.05, 3.63) is 0 Å². The van der Waals surface area contributed by atoms with Crippen molar-refractivity contribution in [2.75, 3.05) is 5.75 Å². The van der Waals surface area contributed by atoms with Gasteiger partial charge in [-0.25, -0.2) is 0 Å². The maximum atomic E-state index is 5.12. The maximum absolute atomic E-state index is 5.12. The Morgan fingerprint density at radius 1 is 0.875 bits per heavy atom. The van der Waals surface area contributed by atoms with Crippen LogP contribution in [0.4, 0.5) is 0 Å². The predicted molar refractivity (Wildman–Crippen MR) is 72.5 cm³/mol. The lowest BCUT2D eigenvalue weighted by molar-refractivity contribution is 0.422. The Kier molecular flexibility index (Phi) is 3.56. The third-order valence-corrected chi connectivity index (χ3v) is 5.96. The second-order valence-corrected chi connectivity index (χ2v) is 6.88. The highest BCUT2D eigenvalue weighted by molar-refractivity contribution is 8.00. The summed E-state index contributed by atoms with van der Waals surface area (Å²) in [4.78, 5) is 5.12. The van der Waals surface area contributed by atoms with E-state index in [2.05, 4.69) is 11.8 Å². The van der Waals surface area contributed by atoms with E-state index in [1.807, 2.05) is 0 Å². The van der Waals surface area contributed by atoms with Crippen LogP contribution >= 0.6 is 11.8 Å². The predicted octanol–water partition coefficient (Wildman–Crippen LogP) is 4.07. The van der Waals surface area contributed by atoms with Crippen molar-refractivity contribution < 1.29 is 0 Å². The van der Waals surface area contributed by atoms with Gasteiger partial charge in [0.25, 0.3) is 0 Å². The van der Waals surface area contributed by atoms with E-state index in [4.69, 9.17) is 4.99 Å². The molecule has 3 rings (SSSR count). The molecule has 0 aromatic carbocycles. The number of hydrogen-bond acceptors (Lipinski definition) is 2. The second-order valence-electron chi connectivity index (χ2n) is 5.66. The first-order chi connectivity index (χ1) is 7.93. The first-order valence-electron chi connectivity index (χ1n) is 7.11. The summed E-state index contributed by atoms with van der Waals surface area (Å²) in [6.07, 6.45) is 12.9. The van der Waals surface area contributed by atoms with Gasteiger partial charge in [-0.05, 0) is 31.6 Å². The summed E-state index contributed by atoms with van der Waals surface area (Å²) in [6.45, 7) is 0. The molecule has 2 atom stereocenters. The molecular weight excluding hydrogens is 214 g/mol. The van der Waals surface area contributed by atoms with E-state index in [-0.39, 0.29) is 0 Å². The van der Waals surface area contributed by atoms with Crippen LogP contribution in [0.5, 0.6) is 0 Å². The van der Waals surface area contributed by atoms with Crippen molar-refractivity contribution in [3.63, 3.8) is 0 Å². The zero-order valence-electron chi connectivity index (χ0n) is 10.2. The molecule has 0 N–H and O–H groups in total. The third kappa shape index (κ3) is 2.32. The average Bonchev–Trinajstić information content (AvgIpc) is 2.39. The minimum absolute atomic E-state index is 0.699. The van der Waals surface area contributed by atoms with Crippen LogP contribution in [0, 0.1) is 5.92 Å². The van der Waals surface area contributed by atoms with Crippen molar-refractivity contribution in [2.45, 2.75) is 69.1 Å². The highest BCUT2D eigenvalue weighted by atomic mass is 32.2. The molecule has 90 valence electrons. The molecule has 3 aliphatic rings. The normalized spacial score (nSPS) is 36.6. The third-order valence-electron chi connectivity index (χ3n) is 4.52. The smallest absolute Gasteiger partial charge is 0.0618 e. The fourth-order valence-corrected chi connectivity index (χ4v) is 4.97. The summed E-state index contributed by atoms with van der Waals surface area (Å²) in [5.41, 5.74) is 1.59. The molecule has 1 aliphatic heterocycles. The van der Waals surface area contributed by atoms with E-state index in [9.17, 15) is 0 Å². The number of fused-ring (bicyclic) bond motifs is 1. The second kappa shape index (κ2) is 5.12. The first-order valence-corrected chi connectivity index (χ1v) is 8.16. The van der Waals surface area contributed by atoms with Crippen molar-refractivity contribution in [3.8, 4) is 0 Å². The molecule has 2 fully saturated rings. The molecule has 2 saturated carbocycles. The van der Waals surface area contributed by atoms with Gasteiger partial charge in [-0.2, -0.15) is 11.8 Å². The maximum Gasteiger partial charge on any atom is 0.0618 e. The van der Waals surface area contributed by atoms with E-state index in [1.165, 1.54) is 63.5 Å². The van der Waals surface area contributed by atoms with Gasteiger partial charge >= 0.3 is 0 Å². The van der Waals surface area contributed by atoms with E-state index >= 15 is 0 Å². The Bertz CT molecular complexity index is 268. The molecule has 0 spiro atoms. The van der Waals surface area contributed by atoms with Crippen LogP contribution in [0.15, 0.2) is 4.99 Å². The molecule has 2 aliphatic carbocycles. The fourth-order valence-electron chi connectivity index (χ4n) is 3.52. The summed E-state index contributed by atoms with van der Waals surface area (Å²) in [5, 5.41) is 0.876. The van der Waals surface area contributed by atoms with E-state index in [1.54, 1.807) is 5.71 Å². The highest BCUT2D eigenvalue weighted by Gasteiger charge is 2.31. The molecule has 2 heteroatoms. The molecule has 1 nitrogen and oxygen atoms in total. The first kappa shape index (κ1) is 11.1. The van der Waals surface area contributed by atoms with Crippen molar-refractivity contribution >= 4 is 17.5 Å². The van der Waals surface area contributed by atoms with Crippen LogP contribution in [0.25, 0.3) is 0 Å². The van der Waals surface area contributed by atoms with Gasteiger partial charge in [-0.15, -0.1) is 0 Å². The molecule has 2 unspecified atom stereocenters. The van der Waals surface area contributed by atoms with Gasteiger partial charge in [0.15, 0.2) is 0 Å². The molecular formula is C14H23NS. The van der Waals surface area contributed by atoms with Crippen LogP contribution < -0.4 is 0 Å². The standard InChI is InChI=1S/C14H23NS/c1-2-6-11(7-3-1)13-10-16-14-9-5-4-8-12(14)15-13/h11-12,14H,1-10H2. The Labute approximate surface area is 103 Å². The molecule has 0 aromatic rings. The number of hydrogen-bond donors (Lipinski definition) is 0. The monoisotopic (exact) mass is 237 g/mol. The Morgan fingerprint density at radius 3 is 2.50 bits per heavy atom. The Balaban J connectivity index is 1.68. The van der Waals surface area contributed by atoms with Gasteiger partial charge in [0.1, 0.15) is 0 Å². The molecule has 0 aromatic heterocycles. The minimum Gasteiger partial charge on any atom is -0.288 e. The molecule has 0 amide bonds. The highest BCUT2D eigenvalue weighted by Crippen LogP contribution is 2.37. The Morgan fingerprint density at radius 2 is 1.62 bits per heavy atom. The average molecular weight is 237 g/mol. The molecule has 0 bridgehead atoms. The summed E-state index contributed by atoms with van der Waals surface area (Å²) in [6, 6.07) is 0.699. The van der Waals surface area contributed by atoms with Crippen molar-refractivity contribution in [1.82, 2.24) is 0 Å². The molecule has 16 heavy (non-hydrogen) atoms. The number of rotatable bonds is 1. The number of thioether (sulfide) groups is 1. The summed E-state index contributed by atoms with van der Waals surface area (Å²) < 4.78 is 0. The molecule has 0 saturated heterocycles. The van der Waals surface area contributed by atoms with Gasteiger partial charge in [0, 0.05) is 16.7 Å². The SMILES string of the molecule is C1CCC(C2=NC3CCCCC3SC2)CC1. The summed E-state index contributed by atoms with van der Waals surface area (Å²) in [5.74, 6) is 2.12. The number of aliphatic imine (C=N–C) groups is 1. The topological polar surface area (TPSA) is 12.4 Å². The van der Waals surface area contributed by atoms with Crippen molar-refractivity contribution in [2.24, 2.45) is 10.9 Å². The van der Waals surface area contributed by atoms with Gasteiger partial charge < -0.3 is 0 Å². The van der Waals surface area contributed by atoms with Crippen LogP contribution in [-0.2, 0) is 0 Å². The van der Waals surface area contributed by atoms with E-state index in [0.717, 1.165) is 11.2 Å². The lowest BCUT2D eigenvalue weighted by atomic mass is 9.85. The van der Waals surface area contributed by atoms with Gasteiger partial charge in [0.2, 0.25) is 0 Å². The van der Waals surface area contributed by atoms with Crippen LogP contribution in [0.2, 0.25) is 0 Å². The lowest BCUT2D eigenvalue weighted by Gasteiger charge is -2.35. The van der Waals surface area contributed by atoms with Crippen LogP contribution in [0.3, 0.4) is 0 Å². The van der Waals surface area contributed by atoms with Gasteiger partial charge in [-0.3, -0.25) is 4.99 Å². The minimum atomic E-state index is 0.699. The Hall–Kier alpha value is 0.0200. The van der Waals surface area contributed by atoms with Crippen molar-refractivity contribution in [1.29, 1.82) is 0 Å². The van der Waals surface area contributed by atoms with Gasteiger partial charge in [0.05, 0.1) is 6.04 Å². The zero-order chi connectivity index (χ0) is 10.8. The number of nitrogens with zero attached hydrogens (tertiary/aromatic N) is 1. The quantitative estimate of drug-likeness (QED) is 0.670. The molecule has 0 radical (unpaired) electrons. The zero-order valence-corrected chi connectivity index (χ0v) is 11.0. The van der Waals surface area contributed by atoms with Crippen LogP contribution in [-0.4, -0.2) is 22.8 Å². The summed E-state index contributed by atoms with van der Waals surface area (Å²) >= 11 is 2.22. The van der Waals surface area contributed by atoms with E-state index < -0.39 is 0 Å². The fraction of sp³-hybridized carbons (Fsp3) is 0.929. The van der Waals surface area contributed by atoms with E-state index in [0.29, 0.717) is 6.04 Å². The van der Waals surface area contributed by atoms with Crippen LogP contribution in [0.1, 0.15) is 57.8 Å². The largest absolute Gasteiger partial charge is 0.288 e. The lowest BCUT2D eigenvalue weighted by Crippen LogP contribution is -2.35. The summed E-state index contributed by atoms with van der Waals surface area (Å²) in [7, 11) is 0. The van der Waals surface area contributed by atoms with Gasteiger partial charge in [-0.1, -0.05) is 32.1 Å². The molecule has 1 heterocycles.